The summed E-state index contributed by atoms with van der Waals surface area (Å²) in [5.74, 6) is 0. The maximum Gasteiger partial charge on any atom is 0.243 e. The van der Waals surface area contributed by atoms with Crippen LogP contribution in [0.3, 0.4) is 0 Å². The Morgan fingerprint density at radius 2 is 2.25 bits per heavy atom. The van der Waals surface area contributed by atoms with Gasteiger partial charge in [0.2, 0.25) is 10.0 Å². The number of hydrogen-bond donors (Lipinski definition) is 2. The number of hydrogen-bond acceptors (Lipinski definition) is 4. The average Bonchev–Trinajstić information content (AvgIpc) is 3.04. The highest BCUT2D eigenvalue weighted by molar-refractivity contribution is 7.89. The highest BCUT2D eigenvalue weighted by Gasteiger charge is 2.21. The van der Waals surface area contributed by atoms with Gasteiger partial charge < -0.3 is 5.32 Å². The zero-order valence-corrected chi connectivity index (χ0v) is 13.0. The number of sulfonamides is 1. The van der Waals surface area contributed by atoms with Crippen molar-refractivity contribution >= 4 is 10.0 Å². The molecule has 0 aromatic carbocycles. The third kappa shape index (κ3) is 4.57. The number of nitrogens with one attached hydrogen (secondary N) is 2. The molecule has 0 amide bonds. The molecule has 2 N–H and O–H groups in total. The van der Waals surface area contributed by atoms with Crippen LogP contribution in [-0.2, 0) is 16.6 Å². The second-order valence-electron chi connectivity index (χ2n) is 5.48. The molecule has 0 saturated heterocycles. The molecule has 1 heterocycles. The van der Waals surface area contributed by atoms with E-state index in [1.807, 2.05) is 13.8 Å². The smallest absolute Gasteiger partial charge is 0.243 e. The molecule has 2 rings (SSSR count). The van der Waals surface area contributed by atoms with Crippen molar-refractivity contribution in [2.24, 2.45) is 0 Å². The molecule has 0 radical (unpaired) electrons. The lowest BCUT2D eigenvalue weighted by Gasteiger charge is -2.11. The number of nitrogens with zero attached hydrogens (tertiary/aromatic N) is 2. The quantitative estimate of drug-likeness (QED) is 0.716. The molecular weight excluding hydrogens is 276 g/mol. The van der Waals surface area contributed by atoms with Crippen LogP contribution in [-0.4, -0.2) is 36.8 Å². The predicted octanol–water partition coefficient (Wildman–Crippen LogP) is 1.10. The summed E-state index contributed by atoms with van der Waals surface area (Å²) < 4.78 is 28.6. The number of rotatable bonds is 9. The van der Waals surface area contributed by atoms with E-state index in [-0.39, 0.29) is 10.9 Å². The second kappa shape index (κ2) is 6.69. The van der Waals surface area contributed by atoms with E-state index >= 15 is 0 Å². The summed E-state index contributed by atoms with van der Waals surface area (Å²) >= 11 is 0. The fraction of sp³-hybridized carbons (Fsp3) is 0.769. The van der Waals surface area contributed by atoms with Crippen molar-refractivity contribution in [2.75, 3.05) is 6.54 Å². The van der Waals surface area contributed by atoms with E-state index < -0.39 is 10.0 Å². The van der Waals surface area contributed by atoms with Crippen molar-refractivity contribution in [1.29, 1.82) is 0 Å². The monoisotopic (exact) mass is 300 g/mol. The van der Waals surface area contributed by atoms with Crippen molar-refractivity contribution in [3.05, 3.63) is 12.4 Å². The van der Waals surface area contributed by atoms with Gasteiger partial charge in [-0.2, -0.15) is 5.10 Å². The van der Waals surface area contributed by atoms with Gasteiger partial charge in [-0.25, -0.2) is 13.1 Å². The van der Waals surface area contributed by atoms with Gasteiger partial charge in [0.05, 0.1) is 12.7 Å². The molecule has 1 aromatic heterocycles. The molecule has 1 aliphatic carbocycles. The first-order valence-electron chi connectivity index (χ1n) is 7.29. The van der Waals surface area contributed by atoms with Crippen LogP contribution in [0, 0.1) is 0 Å². The van der Waals surface area contributed by atoms with E-state index in [9.17, 15) is 8.42 Å². The van der Waals surface area contributed by atoms with E-state index in [0.29, 0.717) is 12.6 Å². The van der Waals surface area contributed by atoms with Gasteiger partial charge in [-0.1, -0.05) is 13.3 Å². The van der Waals surface area contributed by atoms with Gasteiger partial charge in [0, 0.05) is 24.8 Å². The normalized spacial score (nSPS) is 17.3. The van der Waals surface area contributed by atoms with Crippen molar-refractivity contribution < 1.29 is 8.42 Å². The highest BCUT2D eigenvalue weighted by Crippen LogP contribution is 2.18. The van der Waals surface area contributed by atoms with Gasteiger partial charge in [-0.3, -0.25) is 4.68 Å². The molecule has 0 aliphatic heterocycles. The molecular formula is C13H24N4O2S. The van der Waals surface area contributed by atoms with Crippen LogP contribution in [0.15, 0.2) is 17.3 Å². The highest BCUT2D eigenvalue weighted by atomic mass is 32.2. The molecule has 20 heavy (non-hydrogen) atoms. The second-order valence-corrected chi connectivity index (χ2v) is 7.19. The molecule has 0 bridgehead atoms. The Morgan fingerprint density at radius 3 is 2.90 bits per heavy atom. The molecule has 1 aliphatic rings. The summed E-state index contributed by atoms with van der Waals surface area (Å²) in [5, 5.41) is 7.49. The van der Waals surface area contributed by atoms with Crippen LogP contribution in [0.2, 0.25) is 0 Å². The summed E-state index contributed by atoms with van der Waals surface area (Å²) in [6.07, 6.45) is 7.29. The van der Waals surface area contributed by atoms with Crippen LogP contribution in [0.5, 0.6) is 0 Å². The van der Waals surface area contributed by atoms with E-state index in [0.717, 1.165) is 19.4 Å². The van der Waals surface area contributed by atoms with E-state index in [1.54, 1.807) is 10.9 Å². The van der Waals surface area contributed by atoms with Gasteiger partial charge in [0.1, 0.15) is 4.90 Å². The Balaban J connectivity index is 1.88. The summed E-state index contributed by atoms with van der Waals surface area (Å²) in [6, 6.07) is 0.607. The lowest BCUT2D eigenvalue weighted by molar-refractivity contribution is 0.541. The Labute approximate surface area is 121 Å². The summed E-state index contributed by atoms with van der Waals surface area (Å²) in [6.45, 7) is 5.43. The Kier molecular flexibility index (Phi) is 5.17. The topological polar surface area (TPSA) is 76.0 Å². The zero-order chi connectivity index (χ0) is 14.6. The lowest BCUT2D eigenvalue weighted by Crippen LogP contribution is -2.32. The molecule has 1 unspecified atom stereocenters. The van der Waals surface area contributed by atoms with Gasteiger partial charge in [-0.15, -0.1) is 0 Å². The van der Waals surface area contributed by atoms with E-state index in [1.165, 1.54) is 19.0 Å². The van der Waals surface area contributed by atoms with Gasteiger partial charge in [-0.05, 0) is 26.2 Å². The fourth-order valence-corrected chi connectivity index (χ4v) is 3.33. The Hall–Kier alpha value is -0.920. The van der Waals surface area contributed by atoms with Crippen LogP contribution < -0.4 is 10.0 Å². The Bertz CT molecular complexity index is 522. The minimum absolute atomic E-state index is 0.0510. The molecule has 6 nitrogen and oxygen atoms in total. The third-order valence-electron chi connectivity index (χ3n) is 3.35. The maximum atomic E-state index is 12.1. The summed E-state index contributed by atoms with van der Waals surface area (Å²) in [7, 11) is -3.44. The number of aromatic nitrogens is 2. The standard InChI is InChI=1S/C13H24N4O2S/c1-3-4-11(2)16-20(18,19)13-9-15-17(10-13)8-7-14-12-5-6-12/h9-12,14,16H,3-8H2,1-2H3. The van der Waals surface area contributed by atoms with E-state index in [4.69, 9.17) is 0 Å². The van der Waals surface area contributed by atoms with Crippen LogP contribution in [0.25, 0.3) is 0 Å². The molecule has 114 valence electrons. The van der Waals surface area contributed by atoms with Crippen LogP contribution >= 0.6 is 0 Å². The maximum absolute atomic E-state index is 12.1. The largest absolute Gasteiger partial charge is 0.312 e. The SMILES string of the molecule is CCCC(C)NS(=O)(=O)c1cnn(CCNC2CC2)c1. The zero-order valence-electron chi connectivity index (χ0n) is 12.2. The van der Waals surface area contributed by atoms with Gasteiger partial charge >= 0.3 is 0 Å². The molecule has 7 heteroatoms. The summed E-state index contributed by atoms with van der Waals surface area (Å²) in [4.78, 5) is 0.242. The minimum Gasteiger partial charge on any atom is -0.312 e. The first kappa shape index (κ1) is 15.5. The van der Waals surface area contributed by atoms with Gasteiger partial charge in [0.25, 0.3) is 0 Å². The predicted molar refractivity (Wildman–Crippen MR) is 77.9 cm³/mol. The van der Waals surface area contributed by atoms with E-state index in [2.05, 4.69) is 15.1 Å². The van der Waals surface area contributed by atoms with Gasteiger partial charge in [0.15, 0.2) is 0 Å². The van der Waals surface area contributed by atoms with Crippen LogP contribution in [0.1, 0.15) is 39.5 Å². The lowest BCUT2D eigenvalue weighted by atomic mass is 10.2. The molecule has 1 fully saturated rings. The Morgan fingerprint density at radius 1 is 1.50 bits per heavy atom. The van der Waals surface area contributed by atoms with Crippen LogP contribution in [0.4, 0.5) is 0 Å². The fourth-order valence-electron chi connectivity index (χ4n) is 2.10. The first-order valence-corrected chi connectivity index (χ1v) is 8.77. The van der Waals surface area contributed by atoms with Crippen molar-refractivity contribution in [3.8, 4) is 0 Å². The van der Waals surface area contributed by atoms with Crippen molar-refractivity contribution in [3.63, 3.8) is 0 Å². The third-order valence-corrected chi connectivity index (χ3v) is 4.89. The molecule has 1 aromatic rings. The van der Waals surface area contributed by atoms with Crippen molar-refractivity contribution in [1.82, 2.24) is 19.8 Å². The van der Waals surface area contributed by atoms with Crippen molar-refractivity contribution in [2.45, 2.75) is 63.1 Å². The molecule has 0 spiro atoms. The molecule has 1 atom stereocenters. The average molecular weight is 300 g/mol. The summed E-state index contributed by atoms with van der Waals surface area (Å²) in [5.41, 5.74) is 0. The minimum atomic E-state index is -3.44. The molecule has 1 saturated carbocycles. The first-order chi connectivity index (χ1) is 9.51.